The zero-order valence-corrected chi connectivity index (χ0v) is 10.8. The highest BCUT2D eigenvalue weighted by molar-refractivity contribution is 7.07. The number of rotatable bonds is 4. The molecule has 17 heavy (non-hydrogen) atoms. The fourth-order valence-corrected chi connectivity index (χ4v) is 2.39. The molecule has 0 aliphatic heterocycles. The molecule has 0 bridgehead atoms. The first-order valence-electron chi connectivity index (χ1n) is 5.69. The molecule has 0 saturated carbocycles. The van der Waals surface area contributed by atoms with Gasteiger partial charge in [0, 0.05) is 29.7 Å². The zero-order valence-electron chi connectivity index (χ0n) is 9.98. The van der Waals surface area contributed by atoms with Crippen molar-refractivity contribution in [1.82, 2.24) is 4.98 Å². The summed E-state index contributed by atoms with van der Waals surface area (Å²) in [6, 6.07) is 5.34. The number of benzene rings is 1. The zero-order chi connectivity index (χ0) is 12.3. The summed E-state index contributed by atoms with van der Waals surface area (Å²) in [5.41, 5.74) is 3.92. The maximum Gasteiger partial charge on any atom is 0.134 e. The minimum absolute atomic E-state index is 0.208. The molecule has 1 aromatic carbocycles. The normalized spacial score (nSPS) is 10.5. The number of hydrogen-bond donors (Lipinski definition) is 0. The van der Waals surface area contributed by atoms with Crippen LogP contribution in [0.15, 0.2) is 29.1 Å². The van der Waals surface area contributed by atoms with Gasteiger partial charge in [-0.05, 0) is 32.0 Å². The van der Waals surface area contributed by atoms with E-state index >= 15 is 0 Å². The van der Waals surface area contributed by atoms with Crippen LogP contribution in [0.2, 0.25) is 0 Å². The van der Waals surface area contributed by atoms with Crippen LogP contribution in [-0.4, -0.2) is 18.1 Å². The lowest BCUT2D eigenvalue weighted by Crippen LogP contribution is -2.21. The highest BCUT2D eigenvalue weighted by Gasteiger charge is 2.10. The van der Waals surface area contributed by atoms with Gasteiger partial charge in [-0.2, -0.15) is 0 Å². The third-order valence-corrected chi connectivity index (χ3v) is 3.38. The second-order valence-corrected chi connectivity index (χ2v) is 4.43. The van der Waals surface area contributed by atoms with Crippen molar-refractivity contribution in [3.8, 4) is 11.3 Å². The summed E-state index contributed by atoms with van der Waals surface area (Å²) >= 11 is 1.47. The summed E-state index contributed by atoms with van der Waals surface area (Å²) in [6.45, 7) is 5.89. The maximum atomic E-state index is 14.0. The molecule has 0 spiro atoms. The van der Waals surface area contributed by atoms with E-state index in [9.17, 15) is 4.39 Å². The van der Waals surface area contributed by atoms with Gasteiger partial charge in [-0.3, -0.25) is 0 Å². The Morgan fingerprint density at radius 3 is 2.59 bits per heavy atom. The Bertz CT molecular complexity index is 478. The molecule has 1 heterocycles. The first-order chi connectivity index (χ1) is 8.26. The van der Waals surface area contributed by atoms with Gasteiger partial charge in [0.15, 0.2) is 0 Å². The van der Waals surface area contributed by atoms with Gasteiger partial charge in [-0.25, -0.2) is 9.37 Å². The lowest BCUT2D eigenvalue weighted by molar-refractivity contribution is 0.630. The Kier molecular flexibility index (Phi) is 3.74. The Morgan fingerprint density at radius 1 is 1.29 bits per heavy atom. The second-order valence-electron chi connectivity index (χ2n) is 3.71. The van der Waals surface area contributed by atoms with Crippen LogP contribution in [0.5, 0.6) is 0 Å². The number of hydrogen-bond acceptors (Lipinski definition) is 3. The molecular weight excluding hydrogens is 235 g/mol. The van der Waals surface area contributed by atoms with Crippen LogP contribution in [0.4, 0.5) is 10.1 Å². The van der Waals surface area contributed by atoms with Crippen LogP contribution < -0.4 is 4.90 Å². The van der Waals surface area contributed by atoms with E-state index < -0.39 is 0 Å². The van der Waals surface area contributed by atoms with E-state index in [1.807, 2.05) is 11.4 Å². The molecular formula is C13H15FN2S. The molecule has 0 atom stereocenters. The number of nitrogens with zero attached hydrogens (tertiary/aromatic N) is 2. The fraction of sp³-hybridized carbons (Fsp3) is 0.308. The average Bonchev–Trinajstić information content (AvgIpc) is 2.84. The molecule has 0 N–H and O–H groups in total. The quantitative estimate of drug-likeness (QED) is 0.820. The van der Waals surface area contributed by atoms with Gasteiger partial charge in [-0.1, -0.05) is 0 Å². The summed E-state index contributed by atoms with van der Waals surface area (Å²) in [6.07, 6.45) is 0. The molecule has 0 radical (unpaired) electrons. The lowest BCUT2D eigenvalue weighted by Gasteiger charge is -2.21. The SMILES string of the molecule is CCN(CC)c1ccc(-c2cscn2)c(F)c1. The van der Waals surface area contributed by atoms with Crippen molar-refractivity contribution >= 4 is 17.0 Å². The molecule has 0 saturated heterocycles. The summed E-state index contributed by atoms with van der Waals surface area (Å²) in [5.74, 6) is -0.208. The van der Waals surface area contributed by atoms with Gasteiger partial charge >= 0.3 is 0 Å². The van der Waals surface area contributed by atoms with Crippen LogP contribution in [0.25, 0.3) is 11.3 Å². The third kappa shape index (κ3) is 2.47. The highest BCUT2D eigenvalue weighted by atomic mass is 32.1. The molecule has 2 rings (SSSR count). The molecule has 2 nitrogen and oxygen atoms in total. The predicted octanol–water partition coefficient (Wildman–Crippen LogP) is 3.80. The average molecular weight is 250 g/mol. The topological polar surface area (TPSA) is 16.1 Å². The molecule has 2 aromatic rings. The van der Waals surface area contributed by atoms with Gasteiger partial charge in [0.05, 0.1) is 11.2 Å². The van der Waals surface area contributed by atoms with E-state index in [0.717, 1.165) is 18.8 Å². The van der Waals surface area contributed by atoms with Crippen LogP contribution in [0.1, 0.15) is 13.8 Å². The Labute approximate surface area is 105 Å². The van der Waals surface area contributed by atoms with Gasteiger partial charge in [0.2, 0.25) is 0 Å². The maximum absolute atomic E-state index is 14.0. The molecule has 4 heteroatoms. The number of anilines is 1. The van der Waals surface area contributed by atoms with Crippen LogP contribution in [0.3, 0.4) is 0 Å². The molecule has 0 unspecified atom stereocenters. The van der Waals surface area contributed by atoms with Crippen molar-refractivity contribution in [2.45, 2.75) is 13.8 Å². The van der Waals surface area contributed by atoms with Gasteiger partial charge in [0.1, 0.15) is 5.82 Å². The van der Waals surface area contributed by atoms with E-state index in [1.54, 1.807) is 17.6 Å². The van der Waals surface area contributed by atoms with Crippen LogP contribution >= 0.6 is 11.3 Å². The Balaban J connectivity index is 2.35. The highest BCUT2D eigenvalue weighted by Crippen LogP contribution is 2.26. The minimum Gasteiger partial charge on any atom is -0.372 e. The number of aromatic nitrogens is 1. The van der Waals surface area contributed by atoms with E-state index in [-0.39, 0.29) is 5.82 Å². The fourth-order valence-electron chi connectivity index (χ4n) is 1.84. The second kappa shape index (κ2) is 5.27. The standard InChI is InChI=1S/C13H15FN2S/c1-3-16(4-2)10-5-6-11(12(14)7-10)13-8-17-9-15-13/h5-9H,3-4H2,1-2H3. The Morgan fingerprint density at radius 2 is 2.06 bits per heavy atom. The van der Waals surface area contributed by atoms with Gasteiger partial charge in [0.25, 0.3) is 0 Å². The lowest BCUT2D eigenvalue weighted by atomic mass is 10.1. The van der Waals surface area contributed by atoms with Crippen LogP contribution in [-0.2, 0) is 0 Å². The smallest absolute Gasteiger partial charge is 0.134 e. The molecule has 0 aliphatic rings. The summed E-state index contributed by atoms with van der Waals surface area (Å²) < 4.78 is 14.0. The van der Waals surface area contributed by atoms with Crippen molar-refractivity contribution in [2.75, 3.05) is 18.0 Å². The van der Waals surface area contributed by atoms with Crippen molar-refractivity contribution in [3.05, 3.63) is 34.9 Å². The van der Waals surface area contributed by atoms with Crippen molar-refractivity contribution in [2.24, 2.45) is 0 Å². The largest absolute Gasteiger partial charge is 0.372 e. The summed E-state index contributed by atoms with van der Waals surface area (Å²) in [5, 5.41) is 1.86. The number of thiazole rings is 1. The first kappa shape index (κ1) is 12.0. The number of halogens is 1. The van der Waals surface area contributed by atoms with Crippen molar-refractivity contribution in [1.29, 1.82) is 0 Å². The molecule has 90 valence electrons. The monoisotopic (exact) mass is 250 g/mol. The minimum atomic E-state index is -0.208. The van der Waals surface area contributed by atoms with Crippen LogP contribution in [0, 0.1) is 5.82 Å². The molecule has 1 aromatic heterocycles. The molecule has 0 fully saturated rings. The van der Waals surface area contributed by atoms with E-state index in [2.05, 4.69) is 23.7 Å². The molecule has 0 aliphatic carbocycles. The predicted molar refractivity (Wildman–Crippen MR) is 71.1 cm³/mol. The first-order valence-corrected chi connectivity index (χ1v) is 6.63. The third-order valence-electron chi connectivity index (χ3n) is 2.79. The Hall–Kier alpha value is -1.42. The van der Waals surface area contributed by atoms with E-state index in [1.165, 1.54) is 11.3 Å². The van der Waals surface area contributed by atoms with Crippen molar-refractivity contribution in [3.63, 3.8) is 0 Å². The summed E-state index contributed by atoms with van der Waals surface area (Å²) in [4.78, 5) is 6.25. The summed E-state index contributed by atoms with van der Waals surface area (Å²) in [7, 11) is 0. The van der Waals surface area contributed by atoms with E-state index in [0.29, 0.717) is 11.3 Å². The van der Waals surface area contributed by atoms with Gasteiger partial charge < -0.3 is 4.90 Å². The van der Waals surface area contributed by atoms with Crippen molar-refractivity contribution < 1.29 is 4.39 Å². The van der Waals surface area contributed by atoms with Gasteiger partial charge in [-0.15, -0.1) is 11.3 Å². The molecule has 0 amide bonds. The van der Waals surface area contributed by atoms with E-state index in [4.69, 9.17) is 0 Å².